The van der Waals surface area contributed by atoms with Crippen LogP contribution < -0.4 is 10.1 Å². The van der Waals surface area contributed by atoms with Crippen LogP contribution in [0.1, 0.15) is 20.8 Å². The molecule has 0 saturated heterocycles. The van der Waals surface area contributed by atoms with E-state index in [0.29, 0.717) is 5.75 Å². The quantitative estimate of drug-likeness (QED) is 0.471. The standard InChI is InChI=1S/C19H21NO2S/c1-19(2,3)23-17-11-9-15(10-12-17)20-18(21)13-14-22-16-7-5-4-6-8-16/h4-14H,1-3H3,(H,20,21). The highest BCUT2D eigenvalue weighted by Gasteiger charge is 2.11. The predicted octanol–water partition coefficient (Wildman–Crippen LogP) is 5.11. The highest BCUT2D eigenvalue weighted by atomic mass is 32.2. The molecular formula is C19H21NO2S. The molecule has 0 unspecified atom stereocenters. The topological polar surface area (TPSA) is 38.3 Å². The molecule has 0 aliphatic carbocycles. The second-order valence-corrected chi connectivity index (χ2v) is 7.86. The summed E-state index contributed by atoms with van der Waals surface area (Å²) in [5, 5.41) is 2.80. The normalized spacial score (nSPS) is 11.4. The molecule has 0 fully saturated rings. The van der Waals surface area contributed by atoms with Crippen LogP contribution in [0.4, 0.5) is 5.69 Å². The van der Waals surface area contributed by atoms with Crippen molar-refractivity contribution < 1.29 is 9.53 Å². The zero-order chi connectivity index (χ0) is 16.7. The van der Waals surface area contributed by atoms with E-state index in [0.717, 1.165) is 5.69 Å². The minimum Gasteiger partial charge on any atom is -0.465 e. The van der Waals surface area contributed by atoms with E-state index in [1.165, 1.54) is 17.2 Å². The molecule has 0 aliphatic heterocycles. The fraction of sp³-hybridized carbons (Fsp3) is 0.211. The fourth-order valence-electron chi connectivity index (χ4n) is 1.82. The van der Waals surface area contributed by atoms with E-state index in [1.54, 1.807) is 11.8 Å². The molecule has 0 spiro atoms. The molecule has 4 heteroatoms. The number of hydrogen-bond donors (Lipinski definition) is 1. The van der Waals surface area contributed by atoms with Crippen LogP contribution in [0.5, 0.6) is 5.75 Å². The van der Waals surface area contributed by atoms with E-state index in [-0.39, 0.29) is 10.7 Å². The van der Waals surface area contributed by atoms with Crippen molar-refractivity contribution in [2.45, 2.75) is 30.4 Å². The first-order valence-corrected chi connectivity index (χ1v) is 8.22. The minimum atomic E-state index is -0.225. The summed E-state index contributed by atoms with van der Waals surface area (Å²) < 4.78 is 5.51. The zero-order valence-electron chi connectivity index (χ0n) is 13.6. The van der Waals surface area contributed by atoms with Crippen molar-refractivity contribution in [1.29, 1.82) is 0 Å². The first kappa shape index (κ1) is 17.2. The molecule has 3 nitrogen and oxygen atoms in total. The summed E-state index contributed by atoms with van der Waals surface area (Å²) in [5.74, 6) is 0.470. The lowest BCUT2D eigenvalue weighted by Crippen LogP contribution is -2.08. The molecule has 120 valence electrons. The van der Waals surface area contributed by atoms with Gasteiger partial charge in [0.2, 0.25) is 0 Å². The van der Waals surface area contributed by atoms with Crippen LogP contribution in [-0.2, 0) is 4.79 Å². The minimum absolute atomic E-state index is 0.169. The Balaban J connectivity index is 1.85. The smallest absolute Gasteiger partial charge is 0.251 e. The van der Waals surface area contributed by atoms with Crippen LogP contribution in [0.15, 0.2) is 71.8 Å². The van der Waals surface area contributed by atoms with Gasteiger partial charge in [-0.15, -0.1) is 11.8 Å². The van der Waals surface area contributed by atoms with Crippen molar-refractivity contribution in [2.24, 2.45) is 0 Å². The van der Waals surface area contributed by atoms with E-state index in [4.69, 9.17) is 4.74 Å². The first-order chi connectivity index (χ1) is 10.9. The van der Waals surface area contributed by atoms with Gasteiger partial charge >= 0.3 is 0 Å². The number of ether oxygens (including phenoxy) is 1. The molecule has 2 aromatic rings. The second kappa shape index (κ2) is 7.88. The summed E-state index contributed by atoms with van der Waals surface area (Å²) in [4.78, 5) is 13.0. The van der Waals surface area contributed by atoms with Gasteiger partial charge in [-0.05, 0) is 36.4 Å². The number of anilines is 1. The molecule has 1 amide bonds. The largest absolute Gasteiger partial charge is 0.465 e. The lowest BCUT2D eigenvalue weighted by atomic mass is 10.3. The van der Waals surface area contributed by atoms with Crippen molar-refractivity contribution in [3.05, 3.63) is 66.9 Å². The molecule has 2 rings (SSSR count). The van der Waals surface area contributed by atoms with Gasteiger partial charge in [-0.2, -0.15) is 0 Å². The van der Waals surface area contributed by atoms with Crippen molar-refractivity contribution >= 4 is 23.4 Å². The lowest BCUT2D eigenvalue weighted by molar-refractivity contribution is -0.112. The molecule has 23 heavy (non-hydrogen) atoms. The Kier molecular flexibility index (Phi) is 5.88. The number of benzene rings is 2. The SMILES string of the molecule is CC(C)(C)Sc1ccc(NC(=O)C=COc2ccccc2)cc1. The van der Waals surface area contributed by atoms with Gasteiger partial charge in [0.15, 0.2) is 0 Å². The number of carbonyl (C=O) groups is 1. The van der Waals surface area contributed by atoms with E-state index in [1.807, 2.05) is 54.6 Å². The van der Waals surface area contributed by atoms with Gasteiger partial charge in [0.05, 0.1) is 6.26 Å². The molecule has 0 aliphatic rings. The third-order valence-electron chi connectivity index (χ3n) is 2.71. The summed E-state index contributed by atoms with van der Waals surface area (Å²) in [6.45, 7) is 6.51. The van der Waals surface area contributed by atoms with Crippen LogP contribution in [0.3, 0.4) is 0 Å². The maximum Gasteiger partial charge on any atom is 0.251 e. The van der Waals surface area contributed by atoms with E-state index >= 15 is 0 Å². The molecule has 2 aromatic carbocycles. The molecular weight excluding hydrogens is 306 g/mol. The molecule has 1 N–H and O–H groups in total. The predicted molar refractivity (Wildman–Crippen MR) is 96.9 cm³/mol. The second-order valence-electron chi connectivity index (χ2n) is 5.96. The number of para-hydroxylation sites is 1. The van der Waals surface area contributed by atoms with Crippen LogP contribution in [0.25, 0.3) is 0 Å². The van der Waals surface area contributed by atoms with Gasteiger partial charge in [-0.25, -0.2) is 0 Å². The number of thioether (sulfide) groups is 1. The van der Waals surface area contributed by atoms with E-state index in [9.17, 15) is 4.79 Å². The summed E-state index contributed by atoms with van der Waals surface area (Å²) in [6.07, 6.45) is 2.75. The third-order valence-corrected chi connectivity index (χ3v) is 3.83. The maximum atomic E-state index is 11.8. The van der Waals surface area contributed by atoms with E-state index in [2.05, 4.69) is 26.1 Å². The molecule has 0 atom stereocenters. The number of rotatable bonds is 5. The summed E-state index contributed by atoms with van der Waals surface area (Å²) in [6, 6.07) is 17.1. The molecule has 0 radical (unpaired) electrons. The number of hydrogen-bond acceptors (Lipinski definition) is 3. The Bertz CT molecular complexity index is 658. The monoisotopic (exact) mass is 327 g/mol. The van der Waals surface area contributed by atoms with E-state index < -0.39 is 0 Å². The first-order valence-electron chi connectivity index (χ1n) is 7.41. The molecule has 0 heterocycles. The van der Waals surface area contributed by atoms with Gasteiger partial charge in [-0.1, -0.05) is 39.0 Å². The van der Waals surface area contributed by atoms with Crippen LogP contribution in [0.2, 0.25) is 0 Å². The summed E-state index contributed by atoms with van der Waals surface area (Å²) >= 11 is 1.79. The van der Waals surface area contributed by atoms with Crippen LogP contribution in [0, 0.1) is 0 Å². The fourth-order valence-corrected chi connectivity index (χ4v) is 2.80. The van der Waals surface area contributed by atoms with Gasteiger partial charge < -0.3 is 10.1 Å². The van der Waals surface area contributed by atoms with Crippen LogP contribution >= 0.6 is 11.8 Å². The highest BCUT2D eigenvalue weighted by molar-refractivity contribution is 8.00. The van der Waals surface area contributed by atoms with Gasteiger partial charge in [0.25, 0.3) is 5.91 Å². The van der Waals surface area contributed by atoms with Crippen LogP contribution in [-0.4, -0.2) is 10.7 Å². The Labute approximate surface area is 141 Å². The number of amides is 1. The van der Waals surface area contributed by atoms with Crippen molar-refractivity contribution in [1.82, 2.24) is 0 Å². The summed E-state index contributed by atoms with van der Waals surface area (Å²) in [5.41, 5.74) is 0.762. The van der Waals surface area contributed by atoms with Gasteiger partial charge in [0, 0.05) is 21.4 Å². The molecule has 0 bridgehead atoms. The molecule has 0 saturated carbocycles. The summed E-state index contributed by atoms with van der Waals surface area (Å²) in [7, 11) is 0. The maximum absolute atomic E-state index is 11.8. The Morgan fingerprint density at radius 3 is 2.30 bits per heavy atom. The zero-order valence-corrected chi connectivity index (χ0v) is 14.4. The van der Waals surface area contributed by atoms with Gasteiger partial charge in [0.1, 0.15) is 5.75 Å². The Morgan fingerprint density at radius 2 is 1.70 bits per heavy atom. The van der Waals surface area contributed by atoms with Crippen molar-refractivity contribution in [2.75, 3.05) is 5.32 Å². The Morgan fingerprint density at radius 1 is 1.04 bits per heavy atom. The average molecular weight is 327 g/mol. The van der Waals surface area contributed by atoms with Crippen molar-refractivity contribution in [3.63, 3.8) is 0 Å². The third kappa shape index (κ3) is 6.61. The van der Waals surface area contributed by atoms with Gasteiger partial charge in [-0.3, -0.25) is 4.79 Å². The Hall–Kier alpha value is -2.20. The number of carbonyl (C=O) groups excluding carboxylic acids is 1. The lowest BCUT2D eigenvalue weighted by Gasteiger charge is -2.17. The highest BCUT2D eigenvalue weighted by Crippen LogP contribution is 2.32. The average Bonchev–Trinajstić information content (AvgIpc) is 2.49. The van der Waals surface area contributed by atoms with Crippen molar-refractivity contribution in [3.8, 4) is 5.75 Å². The number of nitrogens with one attached hydrogen (secondary N) is 1. The molecule has 0 aromatic heterocycles.